The lowest BCUT2D eigenvalue weighted by molar-refractivity contribution is 0.892. The number of nitrogens with two attached hydrogens (primary N) is 1. The van der Waals surface area contributed by atoms with Gasteiger partial charge in [-0.25, -0.2) is 4.98 Å². The van der Waals surface area contributed by atoms with Gasteiger partial charge in [-0.1, -0.05) is 58.4 Å². The van der Waals surface area contributed by atoms with Gasteiger partial charge in [0.05, 0.1) is 17.0 Å². The third kappa shape index (κ3) is 3.10. The highest BCUT2D eigenvalue weighted by atomic mass is 79.9. The minimum Gasteiger partial charge on any atom is -0.382 e. The van der Waals surface area contributed by atoms with Gasteiger partial charge in [0.1, 0.15) is 5.01 Å². The van der Waals surface area contributed by atoms with Crippen LogP contribution in [-0.4, -0.2) is 24.8 Å². The summed E-state index contributed by atoms with van der Waals surface area (Å²) in [7, 11) is 0. The molecule has 0 spiro atoms. The lowest BCUT2D eigenvalue weighted by atomic mass is 10.1. The minimum absolute atomic E-state index is 0.428. The molecular formula is C21H15BrN6S. The molecule has 6 nitrogen and oxygen atoms in total. The summed E-state index contributed by atoms with van der Waals surface area (Å²) >= 11 is 4.94. The topological polar surface area (TPSA) is 82.0 Å². The van der Waals surface area contributed by atoms with E-state index in [1.165, 1.54) is 11.3 Å². The molecule has 2 N–H and O–H groups in total. The minimum atomic E-state index is 0.428. The van der Waals surface area contributed by atoms with Crippen molar-refractivity contribution < 1.29 is 0 Å². The average molecular weight is 463 g/mol. The zero-order chi connectivity index (χ0) is 20.0. The van der Waals surface area contributed by atoms with Crippen LogP contribution in [0.2, 0.25) is 0 Å². The number of rotatable bonds is 3. The van der Waals surface area contributed by atoms with Crippen molar-refractivity contribution in [2.24, 2.45) is 0 Å². The maximum atomic E-state index is 6.44. The molecule has 142 valence electrons. The fraction of sp³-hybridized carbons (Fsp3) is 0.0476. The predicted molar refractivity (Wildman–Crippen MR) is 120 cm³/mol. The van der Waals surface area contributed by atoms with Crippen molar-refractivity contribution in [1.29, 1.82) is 0 Å². The lowest BCUT2D eigenvalue weighted by Crippen LogP contribution is -2.05. The van der Waals surface area contributed by atoms with Gasteiger partial charge in [0.25, 0.3) is 0 Å². The number of hydrogen-bond acceptors (Lipinski definition) is 6. The van der Waals surface area contributed by atoms with Crippen LogP contribution < -0.4 is 5.73 Å². The smallest absolute Gasteiger partial charge is 0.187 e. The maximum Gasteiger partial charge on any atom is 0.187 e. The molecule has 3 aromatic heterocycles. The van der Waals surface area contributed by atoms with E-state index in [4.69, 9.17) is 10.7 Å². The molecular weight excluding hydrogens is 448 g/mol. The monoisotopic (exact) mass is 462 g/mol. The third-order valence-electron chi connectivity index (χ3n) is 4.66. The summed E-state index contributed by atoms with van der Waals surface area (Å²) < 4.78 is 2.68. The van der Waals surface area contributed by atoms with E-state index in [0.717, 1.165) is 32.6 Å². The zero-order valence-electron chi connectivity index (χ0n) is 15.4. The van der Waals surface area contributed by atoms with E-state index in [0.29, 0.717) is 22.2 Å². The summed E-state index contributed by atoms with van der Waals surface area (Å²) in [5.41, 5.74) is 12.3. The van der Waals surface area contributed by atoms with Gasteiger partial charge in [0, 0.05) is 15.4 Å². The SMILES string of the molecule is Cc1nn2c(N)c(-c3nc(-c4ccc(Br)cc4)cs3)nnc2c1-c1ccccc1. The van der Waals surface area contributed by atoms with Crippen molar-refractivity contribution in [2.75, 3.05) is 5.73 Å². The summed E-state index contributed by atoms with van der Waals surface area (Å²) in [6.45, 7) is 1.95. The molecule has 0 unspecified atom stereocenters. The van der Waals surface area contributed by atoms with Crippen LogP contribution in [-0.2, 0) is 0 Å². The molecule has 3 heterocycles. The van der Waals surface area contributed by atoms with Crippen molar-refractivity contribution in [2.45, 2.75) is 6.92 Å². The van der Waals surface area contributed by atoms with Crippen LogP contribution in [0.5, 0.6) is 0 Å². The lowest BCUT2D eigenvalue weighted by Gasteiger charge is -2.04. The van der Waals surface area contributed by atoms with E-state index >= 15 is 0 Å². The molecule has 0 saturated heterocycles. The van der Waals surface area contributed by atoms with Gasteiger partial charge in [-0.15, -0.1) is 21.5 Å². The Morgan fingerprint density at radius 2 is 1.72 bits per heavy atom. The van der Waals surface area contributed by atoms with Crippen molar-refractivity contribution in [1.82, 2.24) is 24.8 Å². The highest BCUT2D eigenvalue weighted by Gasteiger charge is 2.20. The zero-order valence-corrected chi connectivity index (χ0v) is 17.8. The molecule has 0 atom stereocenters. The Bertz CT molecular complexity index is 1330. The second-order valence-corrected chi connectivity index (χ2v) is 8.31. The van der Waals surface area contributed by atoms with Crippen molar-refractivity contribution >= 4 is 38.7 Å². The molecule has 2 aromatic carbocycles. The van der Waals surface area contributed by atoms with E-state index in [1.54, 1.807) is 4.52 Å². The number of thiazole rings is 1. The van der Waals surface area contributed by atoms with Gasteiger partial charge < -0.3 is 5.73 Å². The van der Waals surface area contributed by atoms with Gasteiger partial charge in [-0.05, 0) is 24.6 Å². The first-order chi connectivity index (χ1) is 14.1. The van der Waals surface area contributed by atoms with Crippen LogP contribution in [0, 0.1) is 6.92 Å². The summed E-state index contributed by atoms with van der Waals surface area (Å²) in [6.07, 6.45) is 0. The van der Waals surface area contributed by atoms with Crippen LogP contribution >= 0.6 is 27.3 Å². The summed E-state index contributed by atoms with van der Waals surface area (Å²) in [5.74, 6) is 0.428. The molecule has 5 rings (SSSR count). The molecule has 29 heavy (non-hydrogen) atoms. The van der Waals surface area contributed by atoms with Crippen LogP contribution in [0.3, 0.4) is 0 Å². The van der Waals surface area contributed by atoms with E-state index < -0.39 is 0 Å². The quantitative estimate of drug-likeness (QED) is 0.396. The number of benzene rings is 2. The average Bonchev–Trinajstić information content (AvgIpc) is 3.34. The standard InChI is InChI=1S/C21H15BrN6S/c1-12-17(14-5-3-2-4-6-14)20-26-25-18(19(23)28(20)27-12)21-24-16(11-29-21)13-7-9-15(22)10-8-13/h2-11H,23H2,1H3. The summed E-state index contributed by atoms with van der Waals surface area (Å²) in [5, 5.41) is 16.2. The molecule has 0 bridgehead atoms. The first-order valence-electron chi connectivity index (χ1n) is 8.90. The highest BCUT2D eigenvalue weighted by Crippen LogP contribution is 2.33. The number of nitrogen functional groups attached to an aromatic ring is 1. The van der Waals surface area contributed by atoms with Gasteiger partial charge in [-0.2, -0.15) is 9.61 Å². The van der Waals surface area contributed by atoms with Gasteiger partial charge in [0.15, 0.2) is 17.2 Å². The second-order valence-electron chi connectivity index (χ2n) is 6.54. The van der Waals surface area contributed by atoms with E-state index in [9.17, 15) is 0 Å². The number of nitrogens with zero attached hydrogens (tertiary/aromatic N) is 5. The van der Waals surface area contributed by atoms with Crippen molar-refractivity contribution in [3.63, 3.8) is 0 Å². The molecule has 0 saturated carbocycles. The second kappa shape index (κ2) is 7.06. The molecule has 5 aromatic rings. The Balaban J connectivity index is 1.61. The number of aromatic nitrogens is 5. The highest BCUT2D eigenvalue weighted by molar-refractivity contribution is 9.10. The summed E-state index contributed by atoms with van der Waals surface area (Å²) in [4.78, 5) is 4.72. The molecule has 0 radical (unpaired) electrons. The van der Waals surface area contributed by atoms with Gasteiger partial charge in [0.2, 0.25) is 0 Å². The third-order valence-corrected chi connectivity index (χ3v) is 6.04. The molecule has 8 heteroatoms. The van der Waals surface area contributed by atoms with E-state index in [-0.39, 0.29) is 0 Å². The van der Waals surface area contributed by atoms with E-state index in [2.05, 4.69) is 31.2 Å². The molecule has 0 aliphatic rings. The first-order valence-corrected chi connectivity index (χ1v) is 10.6. The summed E-state index contributed by atoms with van der Waals surface area (Å²) in [6, 6.07) is 18.0. The number of anilines is 1. The fourth-order valence-corrected chi connectivity index (χ4v) is 4.34. The Morgan fingerprint density at radius 3 is 2.48 bits per heavy atom. The van der Waals surface area contributed by atoms with Crippen molar-refractivity contribution in [3.8, 4) is 33.1 Å². The molecule has 0 aliphatic heterocycles. The maximum absolute atomic E-state index is 6.44. The number of aryl methyl sites for hydroxylation is 1. The number of hydrogen-bond donors (Lipinski definition) is 1. The van der Waals surface area contributed by atoms with Crippen LogP contribution in [0.4, 0.5) is 5.82 Å². The molecule has 0 aliphatic carbocycles. The van der Waals surface area contributed by atoms with Crippen LogP contribution in [0.15, 0.2) is 64.5 Å². The Hall–Kier alpha value is -3.10. The Morgan fingerprint density at radius 1 is 0.966 bits per heavy atom. The largest absolute Gasteiger partial charge is 0.382 e. The first kappa shape index (κ1) is 18.0. The predicted octanol–water partition coefficient (Wildman–Crippen LogP) is 5.23. The van der Waals surface area contributed by atoms with E-state index in [1.807, 2.05) is 66.9 Å². The fourth-order valence-electron chi connectivity index (χ4n) is 3.26. The Kier molecular flexibility index (Phi) is 4.37. The van der Waals surface area contributed by atoms with Crippen LogP contribution in [0.25, 0.3) is 38.7 Å². The number of fused-ring (bicyclic) bond motifs is 1. The van der Waals surface area contributed by atoms with Crippen LogP contribution in [0.1, 0.15) is 5.69 Å². The van der Waals surface area contributed by atoms with Gasteiger partial charge in [-0.3, -0.25) is 0 Å². The number of halogens is 1. The molecule has 0 amide bonds. The van der Waals surface area contributed by atoms with Crippen molar-refractivity contribution in [3.05, 3.63) is 70.1 Å². The van der Waals surface area contributed by atoms with Gasteiger partial charge >= 0.3 is 0 Å². The normalized spacial score (nSPS) is 11.2. The molecule has 0 fully saturated rings. The Labute approximate surface area is 179 Å².